The lowest BCUT2D eigenvalue weighted by atomic mass is 10.1. The normalized spacial score (nSPS) is 12.5. The molecule has 18 heteroatoms. The molecular weight excluding hydrogens is 730 g/mol. The molecule has 0 radical (unpaired) electrons. The first-order valence-electron chi connectivity index (χ1n) is 18.9. The number of rotatable bonds is 30. The number of nitrogens with zero attached hydrogens (tertiary/aromatic N) is 3. The van der Waals surface area contributed by atoms with Crippen molar-refractivity contribution in [1.82, 2.24) is 36.1 Å². The van der Waals surface area contributed by atoms with Crippen LogP contribution in [-0.4, -0.2) is 108 Å². The predicted octanol–water partition coefficient (Wildman–Crippen LogP) is 2.92. The molecule has 2 heterocycles. The zero-order valence-corrected chi connectivity index (χ0v) is 31.6. The van der Waals surface area contributed by atoms with E-state index in [1.165, 1.54) is 0 Å². The molecule has 0 aliphatic carbocycles. The maximum Gasteiger partial charge on any atom is 0.326 e. The van der Waals surface area contributed by atoms with E-state index in [-0.39, 0.29) is 24.7 Å². The third kappa shape index (κ3) is 20.7. The fourth-order valence-electron chi connectivity index (χ4n) is 5.77. The molecule has 308 valence electrons. The van der Waals surface area contributed by atoms with Crippen molar-refractivity contribution in [3.8, 4) is 0 Å². The minimum absolute atomic E-state index is 0.0313. The molecule has 0 saturated heterocycles. The molecule has 2 rings (SSSR count). The van der Waals surface area contributed by atoms with Crippen LogP contribution in [0.4, 0.5) is 4.79 Å². The largest absolute Gasteiger partial charge is 0.481 e. The van der Waals surface area contributed by atoms with Crippen LogP contribution in [0.15, 0.2) is 48.8 Å². The van der Waals surface area contributed by atoms with Crippen molar-refractivity contribution >= 4 is 41.7 Å². The molecule has 18 nitrogen and oxygen atoms in total. The molecule has 0 saturated carbocycles. The first-order valence-corrected chi connectivity index (χ1v) is 18.9. The molecule has 2 aromatic rings. The topological polar surface area (TPSA) is 278 Å². The van der Waals surface area contributed by atoms with Gasteiger partial charge in [0.15, 0.2) is 0 Å². The Morgan fingerprint density at radius 1 is 0.554 bits per heavy atom. The Hall–Kier alpha value is -5.65. The van der Waals surface area contributed by atoms with Crippen LogP contribution in [0.25, 0.3) is 0 Å². The Bertz CT molecular complexity index is 1490. The smallest absolute Gasteiger partial charge is 0.326 e. The fourth-order valence-corrected chi connectivity index (χ4v) is 5.77. The van der Waals surface area contributed by atoms with Gasteiger partial charge in [-0.1, -0.05) is 25.0 Å². The highest BCUT2D eigenvalue weighted by Gasteiger charge is 2.27. The number of hydrogen-bond acceptors (Lipinski definition) is 10. The number of carboxylic acids is 4. The SMILES string of the molecule is O=C(O)CC[C@H](NC(=O)N[C@@H](CCCCNC(=O)CCCCCCC(=O)NCCCCC(C(=O)O)N(Cc1ccccn1)Cc1ccccn1)C(=O)O)C(=O)O. The Labute approximate surface area is 325 Å². The third-order valence-electron chi connectivity index (χ3n) is 8.79. The van der Waals surface area contributed by atoms with E-state index < -0.39 is 54.5 Å². The van der Waals surface area contributed by atoms with Crippen molar-refractivity contribution in [3.05, 3.63) is 60.2 Å². The fraction of sp³-hybridized carbons (Fsp3) is 0.553. The molecule has 0 fully saturated rings. The number of pyridine rings is 2. The molecule has 0 spiro atoms. The number of urea groups is 1. The van der Waals surface area contributed by atoms with Crippen molar-refractivity contribution < 1.29 is 54.0 Å². The van der Waals surface area contributed by atoms with Crippen LogP contribution in [0, 0.1) is 0 Å². The molecule has 56 heavy (non-hydrogen) atoms. The van der Waals surface area contributed by atoms with Crippen molar-refractivity contribution in [2.45, 2.75) is 121 Å². The summed E-state index contributed by atoms with van der Waals surface area (Å²) in [6.45, 7) is 1.46. The van der Waals surface area contributed by atoms with Crippen molar-refractivity contribution in [1.29, 1.82) is 0 Å². The lowest BCUT2D eigenvalue weighted by molar-refractivity contribution is -0.144. The number of aromatic nitrogens is 2. The molecular formula is C38H55N7O11. The quantitative estimate of drug-likeness (QED) is 0.0529. The van der Waals surface area contributed by atoms with Crippen LogP contribution in [-0.2, 0) is 41.9 Å². The highest BCUT2D eigenvalue weighted by molar-refractivity contribution is 5.86. The second kappa shape index (κ2) is 27.0. The van der Waals surface area contributed by atoms with Gasteiger partial charge in [-0.25, -0.2) is 14.4 Å². The molecule has 3 atom stereocenters. The van der Waals surface area contributed by atoms with Crippen LogP contribution >= 0.6 is 0 Å². The van der Waals surface area contributed by atoms with E-state index in [2.05, 4.69) is 31.2 Å². The number of carbonyl (C=O) groups excluding carboxylic acids is 3. The van der Waals surface area contributed by atoms with E-state index in [9.17, 15) is 43.8 Å². The summed E-state index contributed by atoms with van der Waals surface area (Å²) in [6.07, 6.45) is 8.46. The van der Waals surface area contributed by atoms with Gasteiger partial charge in [0.1, 0.15) is 18.1 Å². The highest BCUT2D eigenvalue weighted by atomic mass is 16.4. The highest BCUT2D eigenvalue weighted by Crippen LogP contribution is 2.16. The van der Waals surface area contributed by atoms with Gasteiger partial charge in [0.05, 0.1) is 11.4 Å². The lowest BCUT2D eigenvalue weighted by Crippen LogP contribution is -2.51. The summed E-state index contributed by atoms with van der Waals surface area (Å²) < 4.78 is 0. The van der Waals surface area contributed by atoms with Gasteiger partial charge in [0, 0.05) is 57.8 Å². The monoisotopic (exact) mass is 785 g/mol. The van der Waals surface area contributed by atoms with Crippen LogP contribution in [0.1, 0.15) is 101 Å². The van der Waals surface area contributed by atoms with Gasteiger partial charge >= 0.3 is 29.9 Å². The van der Waals surface area contributed by atoms with Crippen LogP contribution < -0.4 is 21.3 Å². The molecule has 8 N–H and O–H groups in total. The Balaban J connectivity index is 1.56. The Morgan fingerprint density at radius 2 is 1.04 bits per heavy atom. The van der Waals surface area contributed by atoms with Gasteiger partial charge in [-0.3, -0.25) is 34.0 Å². The van der Waals surface area contributed by atoms with Gasteiger partial charge in [0.25, 0.3) is 0 Å². The molecule has 2 aromatic heterocycles. The molecule has 0 aliphatic heterocycles. The second-order valence-electron chi connectivity index (χ2n) is 13.3. The molecule has 0 aromatic carbocycles. The van der Waals surface area contributed by atoms with Gasteiger partial charge in [-0.2, -0.15) is 0 Å². The summed E-state index contributed by atoms with van der Waals surface area (Å²) in [5, 5.41) is 47.3. The van der Waals surface area contributed by atoms with E-state index in [1.54, 1.807) is 12.4 Å². The number of unbranched alkanes of at least 4 members (excludes halogenated alkanes) is 5. The molecule has 1 unspecified atom stereocenters. The van der Waals surface area contributed by atoms with Crippen LogP contribution in [0.5, 0.6) is 0 Å². The van der Waals surface area contributed by atoms with Gasteiger partial charge in [-0.15, -0.1) is 0 Å². The summed E-state index contributed by atoms with van der Waals surface area (Å²) in [7, 11) is 0. The predicted molar refractivity (Wildman–Crippen MR) is 202 cm³/mol. The van der Waals surface area contributed by atoms with Crippen molar-refractivity contribution in [2.75, 3.05) is 13.1 Å². The average Bonchev–Trinajstić information content (AvgIpc) is 3.15. The Morgan fingerprint density at radius 3 is 1.46 bits per heavy atom. The lowest BCUT2D eigenvalue weighted by Gasteiger charge is -2.28. The summed E-state index contributed by atoms with van der Waals surface area (Å²) in [5.41, 5.74) is 1.53. The third-order valence-corrected chi connectivity index (χ3v) is 8.79. The maximum absolute atomic E-state index is 12.3. The first-order chi connectivity index (χ1) is 26.8. The van der Waals surface area contributed by atoms with Gasteiger partial charge in [0.2, 0.25) is 11.8 Å². The molecule has 0 bridgehead atoms. The van der Waals surface area contributed by atoms with Crippen molar-refractivity contribution in [3.63, 3.8) is 0 Å². The number of carboxylic acid groups (broad SMARTS) is 4. The van der Waals surface area contributed by atoms with Crippen LogP contribution in [0.2, 0.25) is 0 Å². The van der Waals surface area contributed by atoms with E-state index in [4.69, 9.17) is 10.2 Å². The summed E-state index contributed by atoms with van der Waals surface area (Å²) in [6, 6.07) is 6.48. The van der Waals surface area contributed by atoms with Crippen molar-refractivity contribution in [2.24, 2.45) is 0 Å². The van der Waals surface area contributed by atoms with E-state index >= 15 is 0 Å². The summed E-state index contributed by atoms with van der Waals surface area (Å²) >= 11 is 0. The molecule has 0 aliphatic rings. The zero-order valence-electron chi connectivity index (χ0n) is 31.6. The number of amides is 4. The number of carbonyl (C=O) groups is 7. The maximum atomic E-state index is 12.3. The first kappa shape index (κ1) is 46.5. The number of aliphatic carboxylic acids is 4. The Kier molecular flexibility index (Phi) is 22.4. The van der Waals surface area contributed by atoms with E-state index in [0.717, 1.165) is 24.2 Å². The standard InChI is InChI=1S/C38H55N7O11/c46-32(41-23-11-7-15-29(35(50)51)43-38(56)44-30(36(52)53)19-20-34(48)49)17-3-1-2-4-18-33(47)42-24-12-8-16-31(37(54)55)45(25-27-13-5-9-21-39-27)26-28-14-6-10-22-40-28/h5-6,9-10,13-14,21-22,29-31H,1-4,7-8,11-12,15-20,23-26H2,(H,41,46)(H,42,47)(H,48,49)(H,50,51)(H,52,53)(H,54,55)(H2,43,44,56)/t29-,30-,31?/m0/s1. The minimum Gasteiger partial charge on any atom is -0.481 e. The second-order valence-corrected chi connectivity index (χ2v) is 13.3. The average molecular weight is 786 g/mol. The summed E-state index contributed by atoms with van der Waals surface area (Å²) in [4.78, 5) is 93.0. The zero-order chi connectivity index (χ0) is 41.1. The minimum atomic E-state index is -1.49. The van der Waals surface area contributed by atoms with E-state index in [1.807, 2.05) is 41.3 Å². The summed E-state index contributed by atoms with van der Waals surface area (Å²) in [5.74, 6) is -5.16. The number of hydrogen-bond donors (Lipinski definition) is 8. The molecule has 4 amide bonds. The van der Waals surface area contributed by atoms with Gasteiger partial charge in [-0.05, 0) is 82.1 Å². The number of nitrogens with one attached hydrogen (secondary N) is 4. The van der Waals surface area contributed by atoms with Gasteiger partial charge < -0.3 is 41.7 Å². The van der Waals surface area contributed by atoms with Crippen LogP contribution in [0.3, 0.4) is 0 Å². The van der Waals surface area contributed by atoms with E-state index in [0.29, 0.717) is 84.0 Å².